The van der Waals surface area contributed by atoms with E-state index in [-0.39, 0.29) is 23.0 Å². The summed E-state index contributed by atoms with van der Waals surface area (Å²) in [6, 6.07) is 3.72. The summed E-state index contributed by atoms with van der Waals surface area (Å²) in [6.45, 7) is 1.72. The van der Waals surface area contributed by atoms with E-state index in [1.165, 1.54) is 6.20 Å². The Hall–Kier alpha value is -1.67. The Balaban J connectivity index is 2.07. The normalized spacial score (nSPS) is 12.1. The van der Waals surface area contributed by atoms with E-state index < -0.39 is 11.2 Å². The van der Waals surface area contributed by atoms with Gasteiger partial charge in [0, 0.05) is 11.1 Å². The number of hydrogen-bond donors (Lipinski definition) is 2. The zero-order valence-electron chi connectivity index (χ0n) is 10.6. The molecule has 2 heterocycles. The van der Waals surface area contributed by atoms with E-state index in [1.807, 2.05) is 24.4 Å². The number of thiophene rings is 1. The number of aromatic amines is 1. The highest BCUT2D eigenvalue weighted by Gasteiger charge is 2.12. The van der Waals surface area contributed by atoms with Gasteiger partial charge in [-0.25, -0.2) is 4.79 Å². The summed E-state index contributed by atoms with van der Waals surface area (Å²) >= 11 is 4.57. The first kappa shape index (κ1) is 14.7. The van der Waals surface area contributed by atoms with Crippen molar-refractivity contribution in [1.29, 1.82) is 0 Å². The van der Waals surface area contributed by atoms with Gasteiger partial charge in [0.1, 0.15) is 6.54 Å². The summed E-state index contributed by atoms with van der Waals surface area (Å²) in [5.41, 5.74) is -1.13. The molecule has 0 spiro atoms. The number of aromatic nitrogens is 2. The van der Waals surface area contributed by atoms with Gasteiger partial charge >= 0.3 is 5.69 Å². The van der Waals surface area contributed by atoms with Crippen molar-refractivity contribution < 1.29 is 4.79 Å². The molecule has 6 nitrogen and oxygen atoms in total. The van der Waals surface area contributed by atoms with Crippen molar-refractivity contribution in [3.8, 4) is 0 Å². The van der Waals surface area contributed by atoms with Gasteiger partial charge in [-0.1, -0.05) is 6.07 Å². The zero-order chi connectivity index (χ0) is 14.7. The lowest BCUT2D eigenvalue weighted by Crippen LogP contribution is -2.36. The Labute approximate surface area is 126 Å². The Kier molecular flexibility index (Phi) is 4.56. The number of carbonyl (C=O) groups is 1. The molecule has 20 heavy (non-hydrogen) atoms. The molecule has 0 saturated carbocycles. The van der Waals surface area contributed by atoms with Crippen LogP contribution in [0.15, 0.2) is 37.8 Å². The number of halogens is 1. The molecule has 0 aliphatic carbocycles. The fourth-order valence-corrected chi connectivity index (χ4v) is 2.73. The van der Waals surface area contributed by atoms with Crippen molar-refractivity contribution in [3.05, 3.63) is 53.9 Å². The third-order valence-electron chi connectivity index (χ3n) is 2.63. The van der Waals surface area contributed by atoms with Crippen LogP contribution in [0.2, 0.25) is 0 Å². The molecule has 0 aliphatic heterocycles. The fourth-order valence-electron chi connectivity index (χ4n) is 1.65. The van der Waals surface area contributed by atoms with Gasteiger partial charge in [0.15, 0.2) is 0 Å². The maximum absolute atomic E-state index is 11.9. The highest BCUT2D eigenvalue weighted by Crippen LogP contribution is 2.17. The lowest BCUT2D eigenvalue weighted by molar-refractivity contribution is -0.122. The minimum atomic E-state index is -0.614. The molecular weight excluding hydrogens is 346 g/mol. The topological polar surface area (TPSA) is 84.0 Å². The van der Waals surface area contributed by atoms with Crippen molar-refractivity contribution in [2.45, 2.75) is 19.5 Å². The predicted molar refractivity (Wildman–Crippen MR) is 79.9 cm³/mol. The first-order chi connectivity index (χ1) is 9.47. The molecule has 0 fully saturated rings. The predicted octanol–water partition coefficient (Wildman–Crippen LogP) is 1.24. The number of H-pyrrole nitrogens is 1. The molecular formula is C12H12BrN3O3S. The summed E-state index contributed by atoms with van der Waals surface area (Å²) in [5, 5.41) is 4.73. The Bertz CT molecular complexity index is 720. The number of amides is 1. The molecule has 1 amide bonds. The van der Waals surface area contributed by atoms with Crippen LogP contribution >= 0.6 is 27.3 Å². The van der Waals surface area contributed by atoms with Crippen molar-refractivity contribution in [1.82, 2.24) is 14.9 Å². The van der Waals surface area contributed by atoms with Crippen LogP contribution in [0, 0.1) is 0 Å². The van der Waals surface area contributed by atoms with Crippen LogP contribution in [0.3, 0.4) is 0 Å². The van der Waals surface area contributed by atoms with E-state index in [0.717, 1.165) is 9.44 Å². The van der Waals surface area contributed by atoms with Crippen LogP contribution in [0.4, 0.5) is 0 Å². The molecule has 106 valence electrons. The van der Waals surface area contributed by atoms with Crippen molar-refractivity contribution in [3.63, 3.8) is 0 Å². The molecule has 0 aromatic carbocycles. The van der Waals surface area contributed by atoms with Crippen molar-refractivity contribution in [2.75, 3.05) is 0 Å². The molecule has 0 bridgehead atoms. The lowest BCUT2D eigenvalue weighted by atomic mass is 10.3. The maximum Gasteiger partial charge on any atom is 0.328 e. The largest absolute Gasteiger partial charge is 0.347 e. The number of hydrogen-bond acceptors (Lipinski definition) is 4. The van der Waals surface area contributed by atoms with Crippen LogP contribution in [0.25, 0.3) is 0 Å². The van der Waals surface area contributed by atoms with E-state index in [2.05, 4.69) is 26.2 Å². The van der Waals surface area contributed by atoms with E-state index in [9.17, 15) is 14.4 Å². The molecule has 1 atom stereocenters. The van der Waals surface area contributed by atoms with Crippen LogP contribution in [-0.2, 0) is 11.3 Å². The third-order valence-corrected chi connectivity index (χ3v) is 4.25. The molecule has 2 aromatic heterocycles. The van der Waals surface area contributed by atoms with Gasteiger partial charge < -0.3 is 5.32 Å². The highest BCUT2D eigenvalue weighted by atomic mass is 79.9. The maximum atomic E-state index is 11.9. The van der Waals surface area contributed by atoms with Crippen molar-refractivity contribution >= 4 is 33.2 Å². The summed E-state index contributed by atoms with van der Waals surface area (Å²) < 4.78 is 1.35. The van der Waals surface area contributed by atoms with Gasteiger partial charge in [0.2, 0.25) is 5.91 Å². The molecule has 0 aliphatic rings. The number of nitrogens with one attached hydrogen (secondary N) is 2. The summed E-state index contributed by atoms with van der Waals surface area (Å²) in [7, 11) is 0. The highest BCUT2D eigenvalue weighted by molar-refractivity contribution is 9.10. The average molecular weight is 358 g/mol. The van der Waals surface area contributed by atoms with Gasteiger partial charge in [-0.15, -0.1) is 11.3 Å². The van der Waals surface area contributed by atoms with Crippen molar-refractivity contribution in [2.24, 2.45) is 0 Å². The second-order valence-corrected chi connectivity index (χ2v) is 6.00. The standard InChI is InChI=1S/C12H12BrN3O3S/c1-7(9-3-2-4-20-9)14-10(17)6-16-5-8(13)11(18)15-12(16)19/h2-5,7H,6H2,1H3,(H,14,17)(H,15,18,19)/t7-/m0/s1. The van der Waals surface area contributed by atoms with Gasteiger partial charge in [-0.2, -0.15) is 0 Å². The average Bonchev–Trinajstić information content (AvgIpc) is 2.89. The Morgan fingerprint density at radius 3 is 2.95 bits per heavy atom. The molecule has 0 saturated heterocycles. The summed E-state index contributed by atoms with van der Waals surface area (Å²) in [5.74, 6) is -0.299. The molecule has 2 rings (SSSR count). The van der Waals surface area contributed by atoms with Gasteiger partial charge in [0.05, 0.1) is 10.5 Å². The lowest BCUT2D eigenvalue weighted by Gasteiger charge is -2.12. The first-order valence-electron chi connectivity index (χ1n) is 5.79. The molecule has 8 heteroatoms. The number of carbonyl (C=O) groups excluding carboxylic acids is 1. The molecule has 0 unspecified atom stereocenters. The second kappa shape index (κ2) is 6.19. The van der Waals surface area contributed by atoms with Gasteiger partial charge in [-0.3, -0.25) is 19.1 Å². The van der Waals surface area contributed by atoms with Crippen LogP contribution < -0.4 is 16.6 Å². The van der Waals surface area contributed by atoms with E-state index >= 15 is 0 Å². The van der Waals surface area contributed by atoms with Crippen LogP contribution in [0.1, 0.15) is 17.8 Å². The van der Waals surface area contributed by atoms with E-state index in [4.69, 9.17) is 0 Å². The fraction of sp³-hybridized carbons (Fsp3) is 0.250. The zero-order valence-corrected chi connectivity index (χ0v) is 13.0. The van der Waals surface area contributed by atoms with Crippen LogP contribution in [0.5, 0.6) is 0 Å². The minimum Gasteiger partial charge on any atom is -0.347 e. The molecule has 2 N–H and O–H groups in total. The second-order valence-electron chi connectivity index (χ2n) is 4.17. The quantitative estimate of drug-likeness (QED) is 0.863. The van der Waals surface area contributed by atoms with E-state index in [0.29, 0.717) is 0 Å². The summed E-state index contributed by atoms with van der Waals surface area (Å²) in [6.07, 6.45) is 1.30. The molecule has 2 aromatic rings. The molecule has 0 radical (unpaired) electrons. The SMILES string of the molecule is C[C@H](NC(=O)Cn1cc(Br)c(=O)[nH]c1=O)c1cccs1. The van der Waals surface area contributed by atoms with E-state index in [1.54, 1.807) is 11.3 Å². The number of nitrogens with zero attached hydrogens (tertiary/aromatic N) is 1. The number of rotatable bonds is 4. The third kappa shape index (κ3) is 3.45. The first-order valence-corrected chi connectivity index (χ1v) is 7.46. The monoisotopic (exact) mass is 357 g/mol. The van der Waals surface area contributed by atoms with Crippen LogP contribution in [-0.4, -0.2) is 15.5 Å². The minimum absolute atomic E-state index is 0.121. The van der Waals surface area contributed by atoms with Gasteiger partial charge in [0.25, 0.3) is 5.56 Å². The Morgan fingerprint density at radius 2 is 2.30 bits per heavy atom. The smallest absolute Gasteiger partial charge is 0.328 e. The Morgan fingerprint density at radius 1 is 1.55 bits per heavy atom. The van der Waals surface area contributed by atoms with Gasteiger partial charge in [-0.05, 0) is 34.3 Å². The summed E-state index contributed by atoms with van der Waals surface area (Å²) in [4.78, 5) is 37.8.